The Balaban J connectivity index is 2.30. The van der Waals surface area contributed by atoms with Crippen molar-refractivity contribution in [3.8, 4) is 5.75 Å². The first-order valence-corrected chi connectivity index (χ1v) is 11.7. The zero-order valence-electron chi connectivity index (χ0n) is 19.3. The van der Waals surface area contributed by atoms with E-state index in [0.717, 1.165) is 56.3 Å². The number of methoxy groups -OCH3 is 1. The maximum absolute atomic E-state index is 13.5. The highest BCUT2D eigenvalue weighted by molar-refractivity contribution is 5.89. The minimum atomic E-state index is -0.593. The molecule has 0 heterocycles. The fourth-order valence-corrected chi connectivity index (χ4v) is 4.07. The minimum absolute atomic E-state index is 0.0546. The normalized spacial score (nSPS) is 15.6. The smallest absolute Gasteiger partial charge is 0.247 e. The standard InChI is InChI=1S/C25H40N2O3/c1-5-6-18-27(23(28)17-12-19(2)3)24(20-13-15-22(30-4)16-14-20)25(29)26-21-10-8-7-9-11-21/h13-16,19,21,24H,5-12,17-18H2,1-4H3,(H,26,29). The molecule has 0 bridgehead atoms. The molecule has 1 N–H and O–H groups in total. The van der Waals surface area contributed by atoms with Gasteiger partial charge in [0.2, 0.25) is 11.8 Å². The van der Waals surface area contributed by atoms with E-state index in [1.165, 1.54) is 6.42 Å². The van der Waals surface area contributed by atoms with Gasteiger partial charge in [-0.15, -0.1) is 0 Å². The van der Waals surface area contributed by atoms with E-state index < -0.39 is 6.04 Å². The maximum atomic E-state index is 13.5. The first kappa shape index (κ1) is 24.2. The Morgan fingerprint density at radius 1 is 1.13 bits per heavy atom. The van der Waals surface area contributed by atoms with Crippen molar-refractivity contribution in [1.82, 2.24) is 10.2 Å². The van der Waals surface area contributed by atoms with Gasteiger partial charge in [-0.25, -0.2) is 0 Å². The summed E-state index contributed by atoms with van der Waals surface area (Å²) in [5.74, 6) is 1.21. The number of rotatable bonds is 11. The lowest BCUT2D eigenvalue weighted by atomic mass is 9.94. The second kappa shape index (κ2) is 12.6. The summed E-state index contributed by atoms with van der Waals surface area (Å²) < 4.78 is 5.29. The Morgan fingerprint density at radius 3 is 2.37 bits per heavy atom. The third kappa shape index (κ3) is 7.33. The summed E-state index contributed by atoms with van der Waals surface area (Å²) in [7, 11) is 1.63. The Kier molecular flexibility index (Phi) is 10.2. The molecule has 2 rings (SSSR count). The number of hydrogen-bond donors (Lipinski definition) is 1. The molecule has 5 heteroatoms. The zero-order chi connectivity index (χ0) is 21.9. The van der Waals surface area contributed by atoms with Crippen LogP contribution in [0.15, 0.2) is 24.3 Å². The van der Waals surface area contributed by atoms with Crippen molar-refractivity contribution < 1.29 is 14.3 Å². The molecule has 1 aliphatic rings. The summed E-state index contributed by atoms with van der Waals surface area (Å²) in [6, 6.07) is 7.19. The van der Waals surface area contributed by atoms with Crippen LogP contribution in [0.25, 0.3) is 0 Å². The summed E-state index contributed by atoms with van der Waals surface area (Å²) in [5.41, 5.74) is 0.845. The van der Waals surface area contributed by atoms with E-state index in [1.807, 2.05) is 29.2 Å². The van der Waals surface area contributed by atoms with Crippen molar-refractivity contribution in [3.05, 3.63) is 29.8 Å². The van der Waals surface area contributed by atoms with Crippen molar-refractivity contribution in [2.24, 2.45) is 5.92 Å². The quantitative estimate of drug-likeness (QED) is 0.536. The number of ether oxygens (including phenoxy) is 1. The Hall–Kier alpha value is -2.04. The van der Waals surface area contributed by atoms with Crippen LogP contribution >= 0.6 is 0 Å². The van der Waals surface area contributed by atoms with E-state index in [-0.39, 0.29) is 17.9 Å². The molecule has 1 saturated carbocycles. The third-order valence-corrected chi connectivity index (χ3v) is 5.95. The van der Waals surface area contributed by atoms with E-state index in [0.29, 0.717) is 18.9 Å². The second-order valence-electron chi connectivity index (χ2n) is 8.89. The number of amides is 2. The van der Waals surface area contributed by atoms with Gasteiger partial charge in [0.05, 0.1) is 7.11 Å². The van der Waals surface area contributed by atoms with Crippen molar-refractivity contribution in [2.75, 3.05) is 13.7 Å². The SMILES string of the molecule is CCCCN(C(=O)CCC(C)C)C(C(=O)NC1CCCCC1)c1ccc(OC)cc1. The molecule has 30 heavy (non-hydrogen) atoms. The van der Waals surface area contributed by atoms with Gasteiger partial charge in [-0.2, -0.15) is 0 Å². The Labute approximate surface area is 182 Å². The van der Waals surface area contributed by atoms with Gasteiger partial charge in [0, 0.05) is 19.0 Å². The molecule has 0 aliphatic heterocycles. The Morgan fingerprint density at radius 2 is 1.80 bits per heavy atom. The third-order valence-electron chi connectivity index (χ3n) is 5.95. The summed E-state index contributed by atoms with van der Waals surface area (Å²) >= 11 is 0. The molecule has 0 radical (unpaired) electrons. The van der Waals surface area contributed by atoms with Crippen LogP contribution in [0.4, 0.5) is 0 Å². The second-order valence-corrected chi connectivity index (χ2v) is 8.89. The molecule has 168 valence electrons. The van der Waals surface area contributed by atoms with Gasteiger partial charge in [0.25, 0.3) is 0 Å². The molecule has 1 aromatic rings. The number of unbranched alkanes of at least 4 members (excludes halogenated alkanes) is 1. The molecular weight excluding hydrogens is 376 g/mol. The van der Waals surface area contributed by atoms with Crippen LogP contribution in [0, 0.1) is 5.92 Å². The fourth-order valence-electron chi connectivity index (χ4n) is 4.07. The lowest BCUT2D eigenvalue weighted by Crippen LogP contribution is -2.47. The van der Waals surface area contributed by atoms with E-state index in [9.17, 15) is 9.59 Å². The predicted molar refractivity (Wildman–Crippen MR) is 121 cm³/mol. The van der Waals surface area contributed by atoms with E-state index in [1.54, 1.807) is 7.11 Å². The molecule has 0 saturated heterocycles. The molecule has 1 aliphatic carbocycles. The van der Waals surface area contributed by atoms with Gasteiger partial charge < -0.3 is 15.0 Å². The maximum Gasteiger partial charge on any atom is 0.247 e. The summed E-state index contributed by atoms with van der Waals surface area (Å²) in [5, 5.41) is 3.26. The van der Waals surface area contributed by atoms with Crippen LogP contribution in [0.3, 0.4) is 0 Å². The first-order chi connectivity index (χ1) is 14.5. The van der Waals surface area contributed by atoms with Crippen LogP contribution in [0.2, 0.25) is 0 Å². The average Bonchev–Trinajstić information content (AvgIpc) is 2.75. The molecular formula is C25H40N2O3. The minimum Gasteiger partial charge on any atom is -0.497 e. The molecule has 1 unspecified atom stereocenters. The highest BCUT2D eigenvalue weighted by Gasteiger charge is 2.32. The van der Waals surface area contributed by atoms with Gasteiger partial charge in [0.15, 0.2) is 0 Å². The van der Waals surface area contributed by atoms with Gasteiger partial charge in [-0.1, -0.05) is 58.6 Å². The first-order valence-electron chi connectivity index (χ1n) is 11.7. The Bertz CT molecular complexity index is 651. The molecule has 1 aromatic carbocycles. The van der Waals surface area contributed by atoms with Crippen molar-refractivity contribution in [1.29, 1.82) is 0 Å². The van der Waals surface area contributed by atoms with Gasteiger partial charge in [0.1, 0.15) is 11.8 Å². The number of hydrogen-bond acceptors (Lipinski definition) is 3. The molecule has 2 amide bonds. The topological polar surface area (TPSA) is 58.6 Å². The molecule has 0 aromatic heterocycles. The molecule has 1 fully saturated rings. The zero-order valence-corrected chi connectivity index (χ0v) is 19.3. The van der Waals surface area contributed by atoms with Gasteiger partial charge in [-0.05, 0) is 49.3 Å². The summed E-state index contributed by atoms with van der Waals surface area (Å²) in [6.45, 7) is 6.96. The highest BCUT2D eigenvalue weighted by Crippen LogP contribution is 2.27. The lowest BCUT2D eigenvalue weighted by Gasteiger charge is -2.33. The van der Waals surface area contributed by atoms with Crippen molar-refractivity contribution in [2.45, 2.75) is 90.6 Å². The van der Waals surface area contributed by atoms with Crippen molar-refractivity contribution in [3.63, 3.8) is 0 Å². The predicted octanol–water partition coefficient (Wildman–Crippen LogP) is 5.25. The molecule has 0 spiro atoms. The van der Waals surface area contributed by atoms with Crippen LogP contribution in [0.1, 0.15) is 90.2 Å². The molecule has 5 nitrogen and oxygen atoms in total. The van der Waals surface area contributed by atoms with Gasteiger partial charge >= 0.3 is 0 Å². The summed E-state index contributed by atoms with van der Waals surface area (Å²) in [4.78, 5) is 28.5. The fraction of sp³-hybridized carbons (Fsp3) is 0.680. The lowest BCUT2D eigenvalue weighted by molar-refractivity contribution is -0.141. The van der Waals surface area contributed by atoms with Crippen LogP contribution < -0.4 is 10.1 Å². The number of nitrogens with zero attached hydrogens (tertiary/aromatic N) is 1. The molecule has 1 atom stereocenters. The highest BCUT2D eigenvalue weighted by atomic mass is 16.5. The van der Waals surface area contributed by atoms with Crippen LogP contribution in [0.5, 0.6) is 5.75 Å². The number of carbonyl (C=O) groups excluding carboxylic acids is 2. The number of carbonyl (C=O) groups is 2. The van der Waals surface area contributed by atoms with E-state index in [4.69, 9.17) is 4.74 Å². The van der Waals surface area contributed by atoms with Gasteiger partial charge in [-0.3, -0.25) is 9.59 Å². The summed E-state index contributed by atoms with van der Waals surface area (Å²) in [6.07, 6.45) is 8.78. The number of nitrogens with one attached hydrogen (secondary N) is 1. The van der Waals surface area contributed by atoms with E-state index >= 15 is 0 Å². The monoisotopic (exact) mass is 416 g/mol. The number of benzene rings is 1. The van der Waals surface area contributed by atoms with E-state index in [2.05, 4.69) is 26.1 Å². The van der Waals surface area contributed by atoms with Crippen LogP contribution in [-0.4, -0.2) is 36.4 Å². The van der Waals surface area contributed by atoms with Crippen molar-refractivity contribution >= 4 is 11.8 Å². The largest absolute Gasteiger partial charge is 0.497 e. The van der Waals surface area contributed by atoms with Crippen LogP contribution in [-0.2, 0) is 9.59 Å². The average molecular weight is 417 g/mol.